The molecule has 0 unspecified atom stereocenters. The quantitative estimate of drug-likeness (QED) is 0.554. The van der Waals surface area contributed by atoms with Gasteiger partial charge in [0.25, 0.3) is 0 Å². The SMILES string of the molecule is Cc1[nH]ncc1NC(=O)[C@@H]1C[C@@H]1[N+](=O)[O-]. The Bertz CT molecular complexity index is 414. The fourth-order valence-electron chi connectivity index (χ4n) is 1.40. The highest BCUT2D eigenvalue weighted by molar-refractivity contribution is 5.95. The summed E-state index contributed by atoms with van der Waals surface area (Å²) >= 11 is 0. The number of rotatable bonds is 3. The molecular formula is C8H10N4O3. The first kappa shape index (κ1) is 9.63. The molecule has 80 valence electrons. The van der Waals surface area contributed by atoms with Crippen molar-refractivity contribution in [2.75, 3.05) is 5.32 Å². The maximum absolute atomic E-state index is 11.5. The molecule has 7 nitrogen and oxygen atoms in total. The van der Waals surface area contributed by atoms with Crippen LogP contribution < -0.4 is 5.32 Å². The molecule has 0 radical (unpaired) electrons. The maximum Gasteiger partial charge on any atom is 0.234 e. The van der Waals surface area contributed by atoms with Crippen LogP contribution in [0.5, 0.6) is 0 Å². The second-order valence-corrected chi connectivity index (χ2v) is 3.59. The van der Waals surface area contributed by atoms with Gasteiger partial charge in [0.15, 0.2) is 0 Å². The summed E-state index contributed by atoms with van der Waals surface area (Å²) in [6.07, 6.45) is 1.81. The fourth-order valence-corrected chi connectivity index (χ4v) is 1.40. The highest BCUT2D eigenvalue weighted by Gasteiger charge is 2.53. The zero-order valence-corrected chi connectivity index (χ0v) is 8.06. The van der Waals surface area contributed by atoms with Crippen molar-refractivity contribution >= 4 is 11.6 Å². The predicted molar refractivity (Wildman–Crippen MR) is 50.8 cm³/mol. The maximum atomic E-state index is 11.5. The van der Waals surface area contributed by atoms with Crippen LogP contribution >= 0.6 is 0 Å². The van der Waals surface area contributed by atoms with Gasteiger partial charge in [0.2, 0.25) is 11.9 Å². The second kappa shape index (κ2) is 3.34. The number of nitrogens with zero attached hydrogens (tertiary/aromatic N) is 2. The summed E-state index contributed by atoms with van der Waals surface area (Å²) in [6, 6.07) is -0.711. The van der Waals surface area contributed by atoms with Crippen LogP contribution in [-0.2, 0) is 4.79 Å². The van der Waals surface area contributed by atoms with E-state index in [1.54, 1.807) is 6.92 Å². The topological polar surface area (TPSA) is 101 Å². The van der Waals surface area contributed by atoms with Crippen molar-refractivity contribution in [2.24, 2.45) is 5.92 Å². The molecule has 1 aliphatic carbocycles. The molecule has 2 N–H and O–H groups in total. The van der Waals surface area contributed by atoms with E-state index in [2.05, 4.69) is 15.5 Å². The number of H-pyrrole nitrogens is 1. The molecule has 1 saturated carbocycles. The van der Waals surface area contributed by atoms with Crippen LogP contribution in [0.4, 0.5) is 5.69 Å². The Morgan fingerprint density at radius 1 is 1.80 bits per heavy atom. The number of carbonyl (C=O) groups is 1. The number of anilines is 1. The lowest BCUT2D eigenvalue weighted by molar-refractivity contribution is -0.497. The van der Waals surface area contributed by atoms with E-state index < -0.39 is 16.9 Å². The largest absolute Gasteiger partial charge is 0.323 e. The molecule has 1 amide bonds. The molecule has 1 aliphatic rings. The van der Waals surface area contributed by atoms with Crippen molar-refractivity contribution in [1.82, 2.24) is 10.2 Å². The van der Waals surface area contributed by atoms with Crippen molar-refractivity contribution in [3.8, 4) is 0 Å². The minimum atomic E-state index is -0.711. The lowest BCUT2D eigenvalue weighted by Gasteiger charge is -2.00. The first-order valence-corrected chi connectivity index (χ1v) is 4.54. The molecule has 0 aromatic carbocycles. The summed E-state index contributed by atoms with van der Waals surface area (Å²) in [6.45, 7) is 1.76. The smallest absolute Gasteiger partial charge is 0.234 e. The number of nitrogens with one attached hydrogen (secondary N) is 2. The zero-order chi connectivity index (χ0) is 11.0. The predicted octanol–water partition coefficient (Wildman–Crippen LogP) is 0.322. The van der Waals surface area contributed by atoms with Gasteiger partial charge in [0.05, 0.1) is 17.6 Å². The zero-order valence-electron chi connectivity index (χ0n) is 8.06. The van der Waals surface area contributed by atoms with Crippen molar-refractivity contribution < 1.29 is 9.72 Å². The van der Waals surface area contributed by atoms with Crippen LogP contribution in [0.3, 0.4) is 0 Å². The van der Waals surface area contributed by atoms with E-state index in [-0.39, 0.29) is 5.91 Å². The van der Waals surface area contributed by atoms with E-state index in [0.717, 1.165) is 5.69 Å². The molecule has 7 heteroatoms. The van der Waals surface area contributed by atoms with Gasteiger partial charge >= 0.3 is 0 Å². The van der Waals surface area contributed by atoms with Crippen LogP contribution in [0.15, 0.2) is 6.20 Å². The van der Waals surface area contributed by atoms with Crippen LogP contribution in [0.25, 0.3) is 0 Å². The van der Waals surface area contributed by atoms with Crippen molar-refractivity contribution in [3.05, 3.63) is 22.0 Å². The van der Waals surface area contributed by atoms with Gasteiger partial charge < -0.3 is 5.32 Å². The molecule has 0 spiro atoms. The molecule has 0 bridgehead atoms. The van der Waals surface area contributed by atoms with E-state index in [1.165, 1.54) is 6.20 Å². The number of aromatic amines is 1. The Kier molecular flexibility index (Phi) is 2.14. The van der Waals surface area contributed by atoms with Gasteiger partial charge in [0, 0.05) is 11.3 Å². The minimum absolute atomic E-state index is 0.304. The third kappa shape index (κ3) is 1.80. The summed E-state index contributed by atoms with van der Waals surface area (Å²) in [4.78, 5) is 21.4. The third-order valence-electron chi connectivity index (χ3n) is 2.45. The summed E-state index contributed by atoms with van der Waals surface area (Å²) in [5, 5.41) is 19.4. The molecule has 1 aromatic rings. The molecule has 15 heavy (non-hydrogen) atoms. The van der Waals surface area contributed by atoms with E-state index in [1.807, 2.05) is 0 Å². The van der Waals surface area contributed by atoms with E-state index in [4.69, 9.17) is 0 Å². The van der Waals surface area contributed by atoms with Crippen molar-refractivity contribution in [3.63, 3.8) is 0 Å². The van der Waals surface area contributed by atoms with E-state index in [0.29, 0.717) is 12.1 Å². The Hall–Kier alpha value is -1.92. The molecule has 0 aliphatic heterocycles. The molecule has 1 aromatic heterocycles. The average Bonchev–Trinajstić information content (AvgIpc) is 2.88. The Balaban J connectivity index is 1.95. The summed E-state index contributed by atoms with van der Waals surface area (Å²) in [7, 11) is 0. The number of hydrogen-bond donors (Lipinski definition) is 2. The van der Waals surface area contributed by atoms with E-state index >= 15 is 0 Å². The average molecular weight is 210 g/mol. The monoisotopic (exact) mass is 210 g/mol. The van der Waals surface area contributed by atoms with Crippen LogP contribution in [-0.4, -0.2) is 27.1 Å². The number of hydrogen-bond acceptors (Lipinski definition) is 4. The Morgan fingerprint density at radius 2 is 2.53 bits per heavy atom. The number of aromatic nitrogens is 2. The lowest BCUT2D eigenvalue weighted by Crippen LogP contribution is -2.18. The normalized spacial score (nSPS) is 23.5. The minimum Gasteiger partial charge on any atom is -0.323 e. The fraction of sp³-hybridized carbons (Fsp3) is 0.500. The third-order valence-corrected chi connectivity index (χ3v) is 2.45. The molecular weight excluding hydrogens is 200 g/mol. The molecule has 1 fully saturated rings. The molecule has 2 atom stereocenters. The van der Waals surface area contributed by atoms with Gasteiger partial charge in [-0.2, -0.15) is 5.10 Å². The summed E-state index contributed by atoms with van der Waals surface area (Å²) in [5.74, 6) is -0.796. The van der Waals surface area contributed by atoms with Gasteiger partial charge in [-0.3, -0.25) is 20.0 Å². The van der Waals surface area contributed by atoms with Crippen molar-refractivity contribution in [1.29, 1.82) is 0 Å². The van der Waals surface area contributed by atoms with E-state index in [9.17, 15) is 14.9 Å². The Labute approximate surface area is 85.0 Å². The van der Waals surface area contributed by atoms with Crippen LogP contribution in [0, 0.1) is 23.0 Å². The second-order valence-electron chi connectivity index (χ2n) is 3.59. The van der Waals surface area contributed by atoms with Gasteiger partial charge in [-0.15, -0.1) is 0 Å². The summed E-state index contributed by atoms with van der Waals surface area (Å²) < 4.78 is 0. The highest BCUT2D eigenvalue weighted by atomic mass is 16.6. The Morgan fingerprint density at radius 3 is 3.00 bits per heavy atom. The van der Waals surface area contributed by atoms with Gasteiger partial charge in [-0.05, 0) is 6.92 Å². The standard InChI is InChI=1S/C8H10N4O3/c1-4-6(3-9-11-4)10-8(13)5-2-7(5)12(14)15/h3,5,7H,2H2,1H3,(H,9,11)(H,10,13)/t5-,7+/m1/s1. The van der Waals surface area contributed by atoms with Gasteiger partial charge in [-0.1, -0.05) is 0 Å². The van der Waals surface area contributed by atoms with Crippen LogP contribution in [0.2, 0.25) is 0 Å². The number of amides is 1. The first-order valence-electron chi connectivity index (χ1n) is 4.54. The number of aryl methyl sites for hydroxylation is 1. The van der Waals surface area contributed by atoms with Gasteiger partial charge in [0.1, 0.15) is 5.92 Å². The molecule has 0 saturated heterocycles. The molecule has 2 rings (SSSR count). The van der Waals surface area contributed by atoms with Crippen LogP contribution in [0.1, 0.15) is 12.1 Å². The molecule has 1 heterocycles. The first-order chi connectivity index (χ1) is 7.09. The van der Waals surface area contributed by atoms with Gasteiger partial charge in [-0.25, -0.2) is 0 Å². The number of carbonyl (C=O) groups excluding carboxylic acids is 1. The number of nitro groups is 1. The van der Waals surface area contributed by atoms with Crippen molar-refractivity contribution in [2.45, 2.75) is 19.4 Å². The summed E-state index contributed by atoms with van der Waals surface area (Å²) in [5.41, 5.74) is 1.32. The lowest BCUT2D eigenvalue weighted by atomic mass is 10.3. The highest BCUT2D eigenvalue weighted by Crippen LogP contribution is 2.34.